The van der Waals surface area contributed by atoms with Gasteiger partial charge in [-0.1, -0.05) is 19.3 Å². The summed E-state index contributed by atoms with van der Waals surface area (Å²) in [6, 6.07) is 0. The summed E-state index contributed by atoms with van der Waals surface area (Å²) in [6.45, 7) is 0. The minimum absolute atomic E-state index is 0. The molecule has 3 heteroatoms. The summed E-state index contributed by atoms with van der Waals surface area (Å²) < 4.78 is 0. The highest BCUT2D eigenvalue weighted by Crippen LogP contribution is 2.39. The molecule has 1 aromatic heterocycles. The van der Waals surface area contributed by atoms with Crippen LogP contribution in [-0.4, -0.2) is 15.2 Å². The van der Waals surface area contributed by atoms with Gasteiger partial charge in [-0.3, -0.25) is 5.10 Å². The Bertz CT molecular complexity index is 313. The summed E-state index contributed by atoms with van der Waals surface area (Å²) in [5.74, 6) is 3.59. The van der Waals surface area contributed by atoms with E-state index in [-0.39, 0.29) is 1.43 Å². The van der Waals surface area contributed by atoms with Gasteiger partial charge in [0.15, 0.2) is 5.82 Å². The van der Waals surface area contributed by atoms with Crippen molar-refractivity contribution in [2.24, 2.45) is 0 Å². The van der Waals surface area contributed by atoms with Gasteiger partial charge < -0.3 is 0 Å². The Hall–Kier alpha value is -0.860. The van der Waals surface area contributed by atoms with Gasteiger partial charge >= 0.3 is 0 Å². The second-order valence-corrected chi connectivity index (χ2v) is 4.69. The Balaban J connectivity index is 0.000000853. The van der Waals surface area contributed by atoms with Crippen LogP contribution in [-0.2, 0) is 0 Å². The van der Waals surface area contributed by atoms with E-state index < -0.39 is 0 Å². The third-order valence-electron chi connectivity index (χ3n) is 3.45. The summed E-state index contributed by atoms with van der Waals surface area (Å²) in [4.78, 5) is 4.63. The molecule has 0 radical (unpaired) electrons. The highest BCUT2D eigenvalue weighted by Gasteiger charge is 2.28. The van der Waals surface area contributed by atoms with Crippen molar-refractivity contribution in [3.8, 4) is 0 Å². The van der Waals surface area contributed by atoms with Crippen molar-refractivity contribution < 1.29 is 1.43 Å². The van der Waals surface area contributed by atoms with Crippen molar-refractivity contribution in [1.82, 2.24) is 15.2 Å². The third-order valence-corrected chi connectivity index (χ3v) is 3.45. The third kappa shape index (κ3) is 1.56. The summed E-state index contributed by atoms with van der Waals surface area (Å²) in [7, 11) is 0. The highest BCUT2D eigenvalue weighted by atomic mass is 15.2. The standard InChI is InChI=1S/C11H17N3.H2/c1-2-4-8(5-3-1)10-12-11(14-13-10)9-6-7-9;/h8-9H,1-7H2,(H,12,13,14);1H. The van der Waals surface area contributed by atoms with Crippen LogP contribution in [0.3, 0.4) is 0 Å². The Morgan fingerprint density at radius 2 is 1.79 bits per heavy atom. The van der Waals surface area contributed by atoms with Crippen molar-refractivity contribution in [2.75, 3.05) is 0 Å². The lowest BCUT2D eigenvalue weighted by molar-refractivity contribution is 0.429. The molecule has 0 aromatic carbocycles. The van der Waals surface area contributed by atoms with Crippen molar-refractivity contribution >= 4 is 0 Å². The summed E-state index contributed by atoms with van der Waals surface area (Å²) in [5, 5.41) is 7.47. The van der Waals surface area contributed by atoms with Gasteiger partial charge in [-0.05, 0) is 25.7 Å². The maximum atomic E-state index is 4.63. The zero-order valence-corrected chi connectivity index (χ0v) is 8.50. The van der Waals surface area contributed by atoms with E-state index in [2.05, 4.69) is 15.2 Å². The topological polar surface area (TPSA) is 41.6 Å². The second-order valence-electron chi connectivity index (χ2n) is 4.69. The van der Waals surface area contributed by atoms with Crippen LogP contribution in [0.4, 0.5) is 0 Å². The molecule has 3 rings (SSSR count). The Morgan fingerprint density at radius 1 is 1.00 bits per heavy atom. The van der Waals surface area contributed by atoms with E-state index in [1.54, 1.807) is 0 Å². The van der Waals surface area contributed by atoms with Crippen LogP contribution in [0.15, 0.2) is 0 Å². The summed E-state index contributed by atoms with van der Waals surface area (Å²) in [6.07, 6.45) is 9.31. The van der Waals surface area contributed by atoms with Crippen molar-refractivity contribution in [1.29, 1.82) is 0 Å². The lowest BCUT2D eigenvalue weighted by Gasteiger charge is -2.17. The molecule has 0 spiro atoms. The molecular weight excluding hydrogens is 174 g/mol. The van der Waals surface area contributed by atoms with Crippen LogP contribution in [0.1, 0.15) is 69.9 Å². The molecule has 2 saturated carbocycles. The average molecular weight is 193 g/mol. The van der Waals surface area contributed by atoms with E-state index in [4.69, 9.17) is 0 Å². The molecule has 0 atom stereocenters. The molecule has 78 valence electrons. The first-order chi connectivity index (χ1) is 6.93. The molecule has 0 saturated heterocycles. The molecular formula is C11H19N3. The molecule has 0 unspecified atom stereocenters. The first-order valence-corrected chi connectivity index (χ1v) is 5.85. The van der Waals surface area contributed by atoms with Gasteiger partial charge in [0.05, 0.1) is 0 Å². The van der Waals surface area contributed by atoms with Crippen LogP contribution < -0.4 is 0 Å². The van der Waals surface area contributed by atoms with E-state index in [0.717, 1.165) is 11.6 Å². The molecule has 2 fully saturated rings. The first kappa shape index (κ1) is 8.45. The number of H-pyrrole nitrogens is 1. The largest absolute Gasteiger partial charge is 0.263 e. The number of hydrogen-bond acceptors (Lipinski definition) is 2. The quantitative estimate of drug-likeness (QED) is 0.784. The molecule has 0 amide bonds. The molecule has 2 aliphatic rings. The van der Waals surface area contributed by atoms with E-state index >= 15 is 0 Å². The van der Waals surface area contributed by atoms with Crippen molar-refractivity contribution in [3.63, 3.8) is 0 Å². The van der Waals surface area contributed by atoms with Gasteiger partial charge in [-0.15, -0.1) is 0 Å². The molecule has 1 heterocycles. The summed E-state index contributed by atoms with van der Waals surface area (Å²) >= 11 is 0. The van der Waals surface area contributed by atoms with E-state index in [0.29, 0.717) is 11.8 Å². The highest BCUT2D eigenvalue weighted by molar-refractivity contribution is 5.07. The number of rotatable bonds is 2. The normalized spacial score (nSPS) is 24.0. The minimum Gasteiger partial charge on any atom is -0.263 e. The van der Waals surface area contributed by atoms with Gasteiger partial charge in [0, 0.05) is 13.3 Å². The van der Waals surface area contributed by atoms with Gasteiger partial charge in [0.25, 0.3) is 0 Å². The van der Waals surface area contributed by atoms with Crippen molar-refractivity contribution in [2.45, 2.75) is 56.8 Å². The Kier molecular flexibility index (Phi) is 2.03. The lowest BCUT2D eigenvalue weighted by Crippen LogP contribution is -2.06. The maximum Gasteiger partial charge on any atom is 0.153 e. The molecule has 1 aromatic rings. The minimum atomic E-state index is 0. The van der Waals surface area contributed by atoms with E-state index in [9.17, 15) is 0 Å². The van der Waals surface area contributed by atoms with E-state index in [1.165, 1.54) is 44.9 Å². The zero-order valence-electron chi connectivity index (χ0n) is 8.50. The zero-order chi connectivity index (χ0) is 9.38. The second kappa shape index (κ2) is 3.37. The number of aromatic nitrogens is 3. The van der Waals surface area contributed by atoms with Crippen molar-refractivity contribution in [3.05, 3.63) is 11.6 Å². The predicted octanol–water partition coefficient (Wildman–Crippen LogP) is 2.98. The van der Waals surface area contributed by atoms with Gasteiger partial charge in [0.1, 0.15) is 5.82 Å². The molecule has 2 aliphatic carbocycles. The van der Waals surface area contributed by atoms with Crippen LogP contribution in [0, 0.1) is 0 Å². The molecule has 0 aliphatic heterocycles. The van der Waals surface area contributed by atoms with Crippen LogP contribution >= 0.6 is 0 Å². The molecule has 14 heavy (non-hydrogen) atoms. The first-order valence-electron chi connectivity index (χ1n) is 5.85. The lowest BCUT2D eigenvalue weighted by atomic mass is 9.89. The Morgan fingerprint density at radius 3 is 2.50 bits per heavy atom. The number of aromatic amines is 1. The van der Waals surface area contributed by atoms with Gasteiger partial charge in [-0.2, -0.15) is 5.10 Å². The number of nitrogens with one attached hydrogen (secondary N) is 1. The summed E-state index contributed by atoms with van der Waals surface area (Å²) in [5.41, 5.74) is 0. The van der Waals surface area contributed by atoms with Crippen LogP contribution in [0.25, 0.3) is 0 Å². The smallest absolute Gasteiger partial charge is 0.153 e. The fourth-order valence-corrected chi connectivity index (χ4v) is 2.37. The maximum absolute atomic E-state index is 4.63. The molecule has 1 N–H and O–H groups in total. The number of hydrogen-bond donors (Lipinski definition) is 1. The molecule has 3 nitrogen and oxygen atoms in total. The van der Waals surface area contributed by atoms with E-state index in [1.807, 2.05) is 0 Å². The average Bonchev–Trinajstić information content (AvgIpc) is 2.98. The monoisotopic (exact) mass is 193 g/mol. The van der Waals surface area contributed by atoms with Gasteiger partial charge in [0.2, 0.25) is 0 Å². The van der Waals surface area contributed by atoms with Gasteiger partial charge in [-0.25, -0.2) is 4.98 Å². The van der Waals surface area contributed by atoms with Crippen LogP contribution in [0.5, 0.6) is 0 Å². The Labute approximate surface area is 85.8 Å². The predicted molar refractivity (Wildman–Crippen MR) is 56.3 cm³/mol. The molecule has 0 bridgehead atoms. The number of nitrogens with zero attached hydrogens (tertiary/aromatic N) is 2. The SMILES string of the molecule is C1CCC(c2n[nH]c(C3CC3)n2)CC1.[HH]. The fraction of sp³-hybridized carbons (Fsp3) is 0.818. The van der Waals surface area contributed by atoms with Crippen LogP contribution in [0.2, 0.25) is 0 Å². The fourth-order valence-electron chi connectivity index (χ4n) is 2.37.